The molecule has 1 rings (SSSR count). The van der Waals surface area contributed by atoms with Crippen molar-refractivity contribution in [1.82, 2.24) is 4.31 Å². The first-order valence-corrected chi connectivity index (χ1v) is 14.1. The van der Waals surface area contributed by atoms with E-state index < -0.39 is 0 Å². The molecule has 0 aromatic rings. The Morgan fingerprint density at radius 1 is 0.724 bits per heavy atom. The van der Waals surface area contributed by atoms with Crippen LogP contribution in [0.25, 0.3) is 0 Å². The van der Waals surface area contributed by atoms with Gasteiger partial charge in [0, 0.05) is 18.3 Å². The van der Waals surface area contributed by atoms with E-state index in [0.717, 1.165) is 11.8 Å². The van der Waals surface area contributed by atoms with Crippen LogP contribution in [0.15, 0.2) is 4.99 Å². The van der Waals surface area contributed by atoms with Gasteiger partial charge in [-0.1, -0.05) is 110 Å². The molecular weight excluding hydrogens is 372 g/mol. The molecule has 172 valence electrons. The summed E-state index contributed by atoms with van der Waals surface area (Å²) in [6.45, 7) is 9.08. The second-order valence-corrected chi connectivity index (χ2v) is 10.5. The average Bonchev–Trinajstić information content (AvgIpc) is 2.74. The zero-order chi connectivity index (χ0) is 21.0. The molecule has 0 N–H and O–H groups in total. The van der Waals surface area contributed by atoms with Crippen LogP contribution in [0.1, 0.15) is 143 Å². The van der Waals surface area contributed by atoms with Gasteiger partial charge in [0.1, 0.15) is 5.84 Å². The van der Waals surface area contributed by atoms with E-state index in [1.54, 1.807) is 0 Å². The SMILES string of the molecule is CCCCCCCCC/N=C(\C)N(CCCCCCCCC)SC1CCCCC1. The third-order valence-electron chi connectivity index (χ3n) is 6.26. The second kappa shape index (κ2) is 19.8. The molecule has 1 saturated carbocycles. The number of nitrogens with zero attached hydrogens (tertiary/aromatic N) is 2. The molecule has 0 bridgehead atoms. The Morgan fingerprint density at radius 2 is 1.24 bits per heavy atom. The number of rotatable bonds is 18. The van der Waals surface area contributed by atoms with E-state index in [1.165, 1.54) is 134 Å². The number of unbranched alkanes of at least 4 members (excludes halogenated alkanes) is 12. The average molecular weight is 425 g/mol. The summed E-state index contributed by atoms with van der Waals surface area (Å²) in [5, 5.41) is 0.831. The van der Waals surface area contributed by atoms with Crippen molar-refractivity contribution in [2.24, 2.45) is 4.99 Å². The summed E-state index contributed by atoms with van der Waals surface area (Å²) < 4.78 is 2.57. The fraction of sp³-hybridized carbons (Fsp3) is 0.962. The van der Waals surface area contributed by atoms with Crippen molar-refractivity contribution in [1.29, 1.82) is 0 Å². The van der Waals surface area contributed by atoms with Gasteiger partial charge < -0.3 is 4.31 Å². The van der Waals surface area contributed by atoms with Crippen LogP contribution < -0.4 is 0 Å². The molecule has 1 aliphatic carbocycles. The lowest BCUT2D eigenvalue weighted by atomic mass is 10.0. The molecule has 0 atom stereocenters. The van der Waals surface area contributed by atoms with E-state index in [2.05, 4.69) is 37.0 Å². The molecule has 0 radical (unpaired) electrons. The largest absolute Gasteiger partial charge is 0.304 e. The first-order chi connectivity index (χ1) is 14.3. The van der Waals surface area contributed by atoms with Gasteiger partial charge in [-0.2, -0.15) is 0 Å². The standard InChI is InChI=1S/C26H52N2S/c1-4-6-8-10-12-14-19-23-27-25(3)28(29-26-21-17-16-18-22-26)24-20-15-13-11-9-7-5-2/h26H,4-24H2,1-3H3/b27-25+. The molecule has 0 unspecified atom stereocenters. The normalized spacial score (nSPS) is 15.8. The minimum Gasteiger partial charge on any atom is -0.304 e. The maximum absolute atomic E-state index is 4.99. The Labute approximate surface area is 188 Å². The minimum absolute atomic E-state index is 0.831. The van der Waals surface area contributed by atoms with Gasteiger partial charge in [-0.25, -0.2) is 0 Å². The van der Waals surface area contributed by atoms with Crippen LogP contribution in [0, 0.1) is 0 Å². The summed E-state index contributed by atoms with van der Waals surface area (Å²) in [6.07, 6.45) is 26.5. The third kappa shape index (κ3) is 15.3. The fourth-order valence-electron chi connectivity index (χ4n) is 4.24. The second-order valence-electron chi connectivity index (χ2n) is 9.14. The van der Waals surface area contributed by atoms with Crippen LogP contribution in [0.5, 0.6) is 0 Å². The number of amidine groups is 1. The lowest BCUT2D eigenvalue weighted by Gasteiger charge is -2.30. The van der Waals surface area contributed by atoms with Crippen molar-refractivity contribution in [3.8, 4) is 0 Å². The highest BCUT2D eigenvalue weighted by molar-refractivity contribution is 7.98. The molecular formula is C26H52N2S. The summed E-state index contributed by atoms with van der Waals surface area (Å²) >= 11 is 2.13. The smallest absolute Gasteiger partial charge is 0.106 e. The molecule has 29 heavy (non-hydrogen) atoms. The highest BCUT2D eigenvalue weighted by Crippen LogP contribution is 2.31. The van der Waals surface area contributed by atoms with E-state index in [4.69, 9.17) is 4.99 Å². The van der Waals surface area contributed by atoms with E-state index >= 15 is 0 Å². The molecule has 0 spiro atoms. The molecule has 1 fully saturated rings. The first kappa shape index (κ1) is 26.9. The van der Waals surface area contributed by atoms with Gasteiger partial charge in [0.2, 0.25) is 0 Å². The van der Waals surface area contributed by atoms with Crippen LogP contribution >= 0.6 is 11.9 Å². The van der Waals surface area contributed by atoms with E-state index in [0.29, 0.717) is 0 Å². The van der Waals surface area contributed by atoms with E-state index in [9.17, 15) is 0 Å². The van der Waals surface area contributed by atoms with Crippen molar-refractivity contribution in [2.75, 3.05) is 13.1 Å². The zero-order valence-electron chi connectivity index (χ0n) is 20.2. The van der Waals surface area contributed by atoms with Crippen molar-refractivity contribution in [3.05, 3.63) is 0 Å². The van der Waals surface area contributed by atoms with Crippen LogP contribution in [0.4, 0.5) is 0 Å². The monoisotopic (exact) mass is 424 g/mol. The summed E-state index contributed by atoms with van der Waals surface area (Å²) in [5.41, 5.74) is 0. The summed E-state index contributed by atoms with van der Waals surface area (Å²) in [4.78, 5) is 4.99. The van der Waals surface area contributed by atoms with Crippen LogP contribution in [0.2, 0.25) is 0 Å². The van der Waals surface area contributed by atoms with Crippen molar-refractivity contribution >= 4 is 17.8 Å². The molecule has 0 amide bonds. The number of aliphatic imine (C=N–C) groups is 1. The van der Waals surface area contributed by atoms with Crippen LogP contribution in [0.3, 0.4) is 0 Å². The number of hydrogen-bond donors (Lipinski definition) is 0. The van der Waals surface area contributed by atoms with Gasteiger partial charge >= 0.3 is 0 Å². The molecule has 0 saturated heterocycles. The summed E-state index contributed by atoms with van der Waals surface area (Å²) in [6, 6.07) is 0. The van der Waals surface area contributed by atoms with Crippen LogP contribution in [-0.4, -0.2) is 28.5 Å². The van der Waals surface area contributed by atoms with Crippen molar-refractivity contribution < 1.29 is 0 Å². The molecule has 0 aliphatic heterocycles. The highest BCUT2D eigenvalue weighted by Gasteiger charge is 2.19. The third-order valence-corrected chi connectivity index (χ3v) is 7.73. The van der Waals surface area contributed by atoms with Gasteiger partial charge in [-0.3, -0.25) is 4.99 Å². The van der Waals surface area contributed by atoms with Crippen molar-refractivity contribution in [3.63, 3.8) is 0 Å². The van der Waals surface area contributed by atoms with Gasteiger partial charge in [0.15, 0.2) is 0 Å². The molecule has 0 heterocycles. The van der Waals surface area contributed by atoms with Gasteiger partial charge in [0.25, 0.3) is 0 Å². The Bertz CT molecular complexity index is 377. The first-order valence-electron chi connectivity index (χ1n) is 13.2. The Balaban J connectivity index is 2.30. The molecule has 1 aliphatic rings. The quantitative estimate of drug-likeness (QED) is 0.0942. The zero-order valence-corrected chi connectivity index (χ0v) is 21.0. The van der Waals surface area contributed by atoms with Gasteiger partial charge in [-0.15, -0.1) is 0 Å². The predicted molar refractivity (Wildman–Crippen MR) is 135 cm³/mol. The fourth-order valence-corrected chi connectivity index (χ4v) is 5.59. The van der Waals surface area contributed by atoms with Gasteiger partial charge in [-0.05, 0) is 44.6 Å². The molecule has 0 aromatic carbocycles. The van der Waals surface area contributed by atoms with Gasteiger partial charge in [0.05, 0.1) is 0 Å². The summed E-state index contributed by atoms with van der Waals surface area (Å²) in [7, 11) is 0. The Hall–Kier alpha value is -0.180. The Kier molecular flexibility index (Phi) is 18.3. The topological polar surface area (TPSA) is 15.6 Å². The minimum atomic E-state index is 0.831. The molecule has 2 nitrogen and oxygen atoms in total. The maximum atomic E-state index is 4.99. The molecule has 0 aromatic heterocycles. The predicted octanol–water partition coefficient (Wildman–Crippen LogP) is 9.19. The lowest BCUT2D eigenvalue weighted by molar-refractivity contribution is 0.501. The van der Waals surface area contributed by atoms with Crippen molar-refractivity contribution in [2.45, 2.75) is 148 Å². The highest BCUT2D eigenvalue weighted by atomic mass is 32.2. The Morgan fingerprint density at radius 3 is 1.83 bits per heavy atom. The van der Waals surface area contributed by atoms with E-state index in [-0.39, 0.29) is 0 Å². The van der Waals surface area contributed by atoms with E-state index in [1.807, 2.05) is 0 Å². The van der Waals surface area contributed by atoms with Crippen LogP contribution in [-0.2, 0) is 0 Å². The summed E-state index contributed by atoms with van der Waals surface area (Å²) in [5.74, 6) is 1.29. The molecule has 3 heteroatoms. The number of hydrogen-bond acceptors (Lipinski definition) is 2. The maximum Gasteiger partial charge on any atom is 0.106 e. The lowest BCUT2D eigenvalue weighted by Crippen LogP contribution is -2.27.